The minimum absolute atomic E-state index is 0.208. The number of nitrogens with one attached hydrogen (secondary N) is 1. The van der Waals surface area contributed by atoms with Gasteiger partial charge in [-0.3, -0.25) is 14.5 Å². The van der Waals surface area contributed by atoms with E-state index in [0.29, 0.717) is 5.69 Å². The zero-order valence-corrected chi connectivity index (χ0v) is 17.7. The maximum atomic E-state index is 13.4. The van der Waals surface area contributed by atoms with E-state index in [1.165, 1.54) is 4.90 Å². The van der Waals surface area contributed by atoms with Crippen molar-refractivity contribution in [2.24, 2.45) is 0 Å². The maximum absolute atomic E-state index is 13.4. The first-order valence-corrected chi connectivity index (χ1v) is 10.1. The van der Waals surface area contributed by atoms with E-state index in [9.17, 15) is 9.59 Å². The monoisotopic (exact) mass is 408 g/mol. The number of benzene rings is 2. The summed E-state index contributed by atoms with van der Waals surface area (Å²) in [5.41, 5.74) is 2.16. The van der Waals surface area contributed by atoms with Crippen LogP contribution in [0.3, 0.4) is 0 Å². The van der Waals surface area contributed by atoms with Gasteiger partial charge < -0.3 is 5.32 Å². The normalized spacial score (nSPS) is 12.3. The van der Waals surface area contributed by atoms with Crippen LogP contribution in [-0.4, -0.2) is 26.9 Å². The van der Waals surface area contributed by atoms with Crippen LogP contribution in [0.1, 0.15) is 48.4 Å². The average Bonchev–Trinajstić information content (AvgIpc) is 3.20. The zero-order chi connectivity index (χ0) is 21.0. The Labute approximate surface area is 174 Å². The number of rotatable bonds is 5. The molecule has 0 aliphatic carbocycles. The third kappa shape index (κ3) is 5.06. The molecule has 1 atom stereocenters. The summed E-state index contributed by atoms with van der Waals surface area (Å²) in [5, 5.41) is 8.54. The number of carbonyl (C=O) groups is 2. The summed E-state index contributed by atoms with van der Waals surface area (Å²) >= 11 is 1.10. The van der Waals surface area contributed by atoms with Gasteiger partial charge in [0.15, 0.2) is 5.69 Å². The van der Waals surface area contributed by atoms with Crippen LogP contribution in [0.5, 0.6) is 0 Å². The summed E-state index contributed by atoms with van der Waals surface area (Å²) in [6.45, 7) is 7.72. The number of para-hydroxylation sites is 1. The molecule has 0 spiro atoms. The molecule has 0 bridgehead atoms. The van der Waals surface area contributed by atoms with Crippen LogP contribution in [0.25, 0.3) is 0 Å². The summed E-state index contributed by atoms with van der Waals surface area (Å²) < 4.78 is 3.81. The third-order valence-corrected chi connectivity index (χ3v) is 4.73. The van der Waals surface area contributed by atoms with E-state index in [-0.39, 0.29) is 17.5 Å². The molecule has 1 N–H and O–H groups in total. The van der Waals surface area contributed by atoms with Crippen molar-refractivity contribution in [2.45, 2.75) is 39.3 Å². The second-order valence-electron chi connectivity index (χ2n) is 7.85. The molecule has 0 saturated carbocycles. The lowest BCUT2D eigenvalue weighted by Gasteiger charge is -2.33. The molecule has 2 aromatic carbocycles. The molecule has 0 aliphatic heterocycles. The summed E-state index contributed by atoms with van der Waals surface area (Å²) in [7, 11) is 0. The van der Waals surface area contributed by atoms with Gasteiger partial charge in [-0.05, 0) is 56.9 Å². The summed E-state index contributed by atoms with van der Waals surface area (Å²) in [6.07, 6.45) is 0. The lowest BCUT2D eigenvalue weighted by Crippen LogP contribution is -2.49. The van der Waals surface area contributed by atoms with Crippen LogP contribution < -0.4 is 10.2 Å². The lowest BCUT2D eigenvalue weighted by atomic mass is 9.99. The average molecular weight is 409 g/mol. The second-order valence-corrected chi connectivity index (χ2v) is 8.46. The Balaban J connectivity index is 2.15. The third-order valence-electron chi connectivity index (χ3n) is 4.23. The number of carbonyl (C=O) groups excluding carboxylic acids is 2. The highest BCUT2D eigenvalue weighted by Gasteiger charge is 2.35. The first-order chi connectivity index (χ1) is 13.8. The zero-order valence-electron chi connectivity index (χ0n) is 16.9. The fourth-order valence-electron chi connectivity index (χ4n) is 2.96. The van der Waals surface area contributed by atoms with Crippen LogP contribution >= 0.6 is 11.5 Å². The molecular weight excluding hydrogens is 384 g/mol. The van der Waals surface area contributed by atoms with E-state index in [1.807, 2.05) is 82.3 Å². The number of anilines is 1. The summed E-state index contributed by atoms with van der Waals surface area (Å²) in [4.78, 5) is 28.3. The van der Waals surface area contributed by atoms with Crippen LogP contribution in [-0.2, 0) is 4.79 Å². The number of hydrogen-bond acceptors (Lipinski definition) is 5. The molecule has 7 heteroatoms. The number of nitrogens with zero attached hydrogens (tertiary/aromatic N) is 3. The Morgan fingerprint density at radius 3 is 2.24 bits per heavy atom. The lowest BCUT2D eigenvalue weighted by molar-refractivity contribution is -0.123. The highest BCUT2D eigenvalue weighted by molar-refractivity contribution is 7.03. The SMILES string of the molecule is Cc1ccc(C(C(=O)NC(C)(C)C)N(C(=O)c2csnn2)c2ccccc2)cc1. The smallest absolute Gasteiger partial charge is 0.280 e. The molecule has 150 valence electrons. The van der Waals surface area contributed by atoms with Crippen LogP contribution in [0.4, 0.5) is 5.69 Å². The molecule has 0 radical (unpaired) electrons. The predicted octanol–water partition coefficient (Wildman–Crippen LogP) is 4.15. The Kier molecular flexibility index (Phi) is 6.08. The van der Waals surface area contributed by atoms with Gasteiger partial charge in [-0.25, -0.2) is 0 Å². The summed E-state index contributed by atoms with van der Waals surface area (Å²) in [5.74, 6) is -0.638. The van der Waals surface area contributed by atoms with Crippen molar-refractivity contribution in [3.8, 4) is 0 Å². The number of amides is 2. The Bertz CT molecular complexity index is 964. The van der Waals surface area contributed by atoms with Crippen LogP contribution in [0.2, 0.25) is 0 Å². The molecule has 0 aliphatic rings. The second kappa shape index (κ2) is 8.53. The molecular formula is C22H24N4O2S. The predicted molar refractivity (Wildman–Crippen MR) is 115 cm³/mol. The standard InChI is InChI=1S/C22H24N4O2S/c1-15-10-12-16(13-11-15)19(20(27)23-22(2,3)4)26(17-8-6-5-7-9-17)21(28)18-14-29-25-24-18/h5-14,19H,1-4H3,(H,23,27). The molecule has 1 heterocycles. The Morgan fingerprint density at radius 1 is 1.03 bits per heavy atom. The number of aromatic nitrogens is 2. The molecule has 6 nitrogen and oxygen atoms in total. The van der Waals surface area contributed by atoms with Crippen molar-refractivity contribution >= 4 is 29.0 Å². The molecule has 1 aromatic heterocycles. The van der Waals surface area contributed by atoms with E-state index in [1.54, 1.807) is 5.38 Å². The van der Waals surface area contributed by atoms with Crippen molar-refractivity contribution in [2.75, 3.05) is 4.90 Å². The van der Waals surface area contributed by atoms with Gasteiger partial charge in [0, 0.05) is 16.6 Å². The van der Waals surface area contributed by atoms with Crippen molar-refractivity contribution in [1.29, 1.82) is 0 Å². The van der Waals surface area contributed by atoms with Gasteiger partial charge in [-0.1, -0.05) is 52.5 Å². The Hall–Kier alpha value is -3.06. The molecule has 3 rings (SSSR count). The number of hydrogen-bond donors (Lipinski definition) is 1. The van der Waals surface area contributed by atoms with Crippen molar-refractivity contribution in [3.63, 3.8) is 0 Å². The van der Waals surface area contributed by atoms with Crippen molar-refractivity contribution < 1.29 is 9.59 Å². The van der Waals surface area contributed by atoms with Gasteiger partial charge in [0.2, 0.25) is 5.91 Å². The molecule has 3 aromatic rings. The minimum Gasteiger partial charge on any atom is -0.349 e. The Morgan fingerprint density at radius 2 is 1.69 bits per heavy atom. The molecule has 29 heavy (non-hydrogen) atoms. The first kappa shape index (κ1) is 20.7. The van der Waals surface area contributed by atoms with Crippen LogP contribution in [0, 0.1) is 6.92 Å². The summed E-state index contributed by atoms with van der Waals surface area (Å²) in [6, 6.07) is 15.9. The fraction of sp³-hybridized carbons (Fsp3) is 0.273. The van der Waals surface area contributed by atoms with E-state index in [0.717, 1.165) is 22.7 Å². The van der Waals surface area contributed by atoms with Crippen molar-refractivity contribution in [1.82, 2.24) is 14.9 Å². The highest BCUT2D eigenvalue weighted by atomic mass is 32.1. The van der Waals surface area contributed by atoms with Crippen molar-refractivity contribution in [3.05, 3.63) is 76.8 Å². The topological polar surface area (TPSA) is 75.2 Å². The van der Waals surface area contributed by atoms with E-state index >= 15 is 0 Å². The number of aryl methyl sites for hydroxylation is 1. The quantitative estimate of drug-likeness (QED) is 0.688. The van der Waals surface area contributed by atoms with Gasteiger partial charge in [0.1, 0.15) is 6.04 Å². The van der Waals surface area contributed by atoms with Gasteiger partial charge in [-0.2, -0.15) is 0 Å². The molecule has 1 unspecified atom stereocenters. The van der Waals surface area contributed by atoms with E-state index in [4.69, 9.17) is 0 Å². The van der Waals surface area contributed by atoms with Gasteiger partial charge in [0.25, 0.3) is 5.91 Å². The highest BCUT2D eigenvalue weighted by Crippen LogP contribution is 2.30. The molecule has 2 amide bonds. The maximum Gasteiger partial charge on any atom is 0.280 e. The van der Waals surface area contributed by atoms with Gasteiger partial charge in [0.05, 0.1) is 0 Å². The van der Waals surface area contributed by atoms with E-state index < -0.39 is 11.6 Å². The fourth-order valence-corrected chi connectivity index (χ4v) is 3.39. The van der Waals surface area contributed by atoms with Gasteiger partial charge in [-0.15, -0.1) is 5.10 Å². The molecule has 0 fully saturated rings. The van der Waals surface area contributed by atoms with E-state index in [2.05, 4.69) is 14.9 Å². The van der Waals surface area contributed by atoms with Crippen LogP contribution in [0.15, 0.2) is 60.0 Å². The van der Waals surface area contributed by atoms with Gasteiger partial charge >= 0.3 is 0 Å². The minimum atomic E-state index is -0.855. The first-order valence-electron chi connectivity index (χ1n) is 9.30. The molecule has 0 saturated heterocycles. The largest absolute Gasteiger partial charge is 0.349 e.